The smallest absolute Gasteiger partial charge is 0.253 e. The van der Waals surface area contributed by atoms with Crippen LogP contribution < -0.4 is 4.74 Å². The van der Waals surface area contributed by atoms with Crippen LogP contribution >= 0.6 is 0 Å². The summed E-state index contributed by atoms with van der Waals surface area (Å²) in [6, 6.07) is 7.75. The van der Waals surface area contributed by atoms with E-state index >= 15 is 0 Å². The Hall–Kier alpha value is -2.30. The number of hydrogen-bond donors (Lipinski definition) is 0. The van der Waals surface area contributed by atoms with Crippen LogP contribution in [0.25, 0.3) is 0 Å². The number of carbonyl (C=O) groups is 1. The van der Waals surface area contributed by atoms with E-state index in [0.717, 1.165) is 42.9 Å². The molecule has 0 spiro atoms. The Bertz CT molecular complexity index is 730. The van der Waals surface area contributed by atoms with Crippen LogP contribution in [0.4, 0.5) is 0 Å². The lowest BCUT2D eigenvalue weighted by Crippen LogP contribution is -2.51. The highest BCUT2D eigenvalue weighted by atomic mass is 16.5. The molecule has 0 saturated carbocycles. The number of aromatic nitrogens is 2. The van der Waals surface area contributed by atoms with Gasteiger partial charge in [-0.15, -0.1) is 0 Å². The van der Waals surface area contributed by atoms with Crippen molar-refractivity contribution in [3.63, 3.8) is 0 Å². The first-order chi connectivity index (χ1) is 11.9. The van der Waals surface area contributed by atoms with Gasteiger partial charge in [-0.1, -0.05) is 19.1 Å². The summed E-state index contributed by atoms with van der Waals surface area (Å²) in [5.74, 6) is 1.60. The maximum absolute atomic E-state index is 13.5. The summed E-state index contributed by atoms with van der Waals surface area (Å²) in [6.45, 7) is 7.82. The fourth-order valence-corrected chi connectivity index (χ4v) is 3.48. The molecular formula is C20H27N3O2. The zero-order chi connectivity index (χ0) is 18.0. The predicted molar refractivity (Wildman–Crippen MR) is 97.7 cm³/mol. The Labute approximate surface area is 149 Å². The van der Waals surface area contributed by atoms with Crippen molar-refractivity contribution >= 4 is 5.91 Å². The highest BCUT2D eigenvalue weighted by Crippen LogP contribution is 2.32. The second-order valence-corrected chi connectivity index (χ2v) is 7.20. The third-order valence-electron chi connectivity index (χ3n) is 5.37. The van der Waals surface area contributed by atoms with E-state index in [1.54, 1.807) is 13.4 Å². The molecule has 5 heteroatoms. The van der Waals surface area contributed by atoms with Crippen LogP contribution in [-0.2, 0) is 10.3 Å². The molecule has 0 N–H and O–H groups in total. The Morgan fingerprint density at radius 1 is 1.24 bits per heavy atom. The van der Waals surface area contributed by atoms with Crippen LogP contribution in [0.2, 0.25) is 0 Å². The lowest BCUT2D eigenvalue weighted by molar-refractivity contribution is -0.139. The van der Waals surface area contributed by atoms with E-state index < -0.39 is 5.54 Å². The van der Waals surface area contributed by atoms with Gasteiger partial charge in [-0.2, -0.15) is 0 Å². The standard InChI is InChI=1S/C20H27N3O2/c1-15-9-11-22(12-10-15)19(24)20(3,23-13-16(2)21-14-23)17-5-7-18(25-4)8-6-17/h5-8,13-15H,9-12H2,1-4H3. The molecule has 1 unspecified atom stereocenters. The molecule has 3 rings (SSSR count). The van der Waals surface area contributed by atoms with Crippen molar-refractivity contribution in [1.82, 2.24) is 14.5 Å². The zero-order valence-corrected chi connectivity index (χ0v) is 15.5. The van der Waals surface area contributed by atoms with Gasteiger partial charge in [-0.05, 0) is 50.3 Å². The number of likely N-dealkylation sites (tertiary alicyclic amines) is 1. The van der Waals surface area contributed by atoms with Gasteiger partial charge >= 0.3 is 0 Å². The van der Waals surface area contributed by atoms with Crippen molar-refractivity contribution in [3.05, 3.63) is 48.0 Å². The predicted octanol–water partition coefficient (Wildman–Crippen LogP) is 3.22. The van der Waals surface area contributed by atoms with E-state index in [2.05, 4.69) is 11.9 Å². The summed E-state index contributed by atoms with van der Waals surface area (Å²) >= 11 is 0. The van der Waals surface area contributed by atoms with Gasteiger partial charge in [-0.25, -0.2) is 4.98 Å². The maximum Gasteiger partial charge on any atom is 0.253 e. The third-order valence-corrected chi connectivity index (χ3v) is 5.37. The van der Waals surface area contributed by atoms with Crippen LogP contribution in [0.15, 0.2) is 36.8 Å². The number of aryl methyl sites for hydroxylation is 1. The van der Waals surface area contributed by atoms with E-state index in [4.69, 9.17) is 4.74 Å². The van der Waals surface area contributed by atoms with Gasteiger partial charge in [0.25, 0.3) is 5.91 Å². The van der Waals surface area contributed by atoms with Crippen molar-refractivity contribution in [2.75, 3.05) is 20.2 Å². The minimum absolute atomic E-state index is 0.127. The average molecular weight is 341 g/mol. The lowest BCUT2D eigenvalue weighted by atomic mass is 9.88. The van der Waals surface area contributed by atoms with Crippen molar-refractivity contribution in [2.45, 2.75) is 39.2 Å². The maximum atomic E-state index is 13.5. The summed E-state index contributed by atoms with van der Waals surface area (Å²) in [4.78, 5) is 19.9. The molecule has 1 amide bonds. The number of imidazole rings is 1. The van der Waals surface area contributed by atoms with E-state index in [1.165, 1.54) is 0 Å². The highest BCUT2D eigenvalue weighted by Gasteiger charge is 2.41. The minimum Gasteiger partial charge on any atom is -0.497 e. The molecule has 1 saturated heterocycles. The molecule has 0 radical (unpaired) electrons. The molecular weight excluding hydrogens is 314 g/mol. The Kier molecular flexibility index (Phi) is 4.84. The largest absolute Gasteiger partial charge is 0.497 e. The molecule has 0 bridgehead atoms. The van der Waals surface area contributed by atoms with Crippen LogP contribution in [0.1, 0.15) is 37.9 Å². The number of methoxy groups -OCH3 is 1. The molecule has 134 valence electrons. The molecule has 1 aromatic carbocycles. The van der Waals surface area contributed by atoms with Crippen molar-refractivity contribution in [2.24, 2.45) is 5.92 Å². The van der Waals surface area contributed by atoms with E-state index in [0.29, 0.717) is 5.92 Å². The monoisotopic (exact) mass is 341 g/mol. The van der Waals surface area contributed by atoms with Crippen molar-refractivity contribution in [1.29, 1.82) is 0 Å². The minimum atomic E-state index is -0.811. The molecule has 1 fully saturated rings. The molecule has 0 aliphatic carbocycles. The first kappa shape index (κ1) is 17.5. The van der Waals surface area contributed by atoms with Crippen molar-refractivity contribution < 1.29 is 9.53 Å². The molecule has 2 aromatic rings. The summed E-state index contributed by atoms with van der Waals surface area (Å²) in [7, 11) is 1.65. The van der Waals surface area contributed by atoms with Gasteiger partial charge in [0.05, 0.1) is 19.1 Å². The second kappa shape index (κ2) is 6.90. The van der Waals surface area contributed by atoms with Gasteiger partial charge in [-0.3, -0.25) is 4.79 Å². The molecule has 1 aliphatic heterocycles. The highest BCUT2D eigenvalue weighted by molar-refractivity contribution is 5.88. The van der Waals surface area contributed by atoms with Gasteiger partial charge < -0.3 is 14.2 Å². The molecule has 25 heavy (non-hydrogen) atoms. The molecule has 2 heterocycles. The zero-order valence-electron chi connectivity index (χ0n) is 15.5. The van der Waals surface area contributed by atoms with Gasteiger partial charge in [0.1, 0.15) is 11.3 Å². The first-order valence-corrected chi connectivity index (χ1v) is 8.90. The summed E-state index contributed by atoms with van der Waals surface area (Å²) in [6.07, 6.45) is 5.82. The SMILES string of the molecule is COc1ccc(C(C)(C(=O)N2CCC(C)CC2)n2cnc(C)c2)cc1. The molecule has 1 atom stereocenters. The normalized spacial score (nSPS) is 18.0. The van der Waals surface area contributed by atoms with Crippen molar-refractivity contribution in [3.8, 4) is 5.75 Å². The van der Waals surface area contributed by atoms with Crippen LogP contribution in [0.3, 0.4) is 0 Å². The molecule has 1 aliphatic rings. The number of rotatable bonds is 4. The quantitative estimate of drug-likeness (QED) is 0.858. The summed E-state index contributed by atoms with van der Waals surface area (Å²) in [5, 5.41) is 0. The van der Waals surface area contributed by atoms with Gasteiger partial charge in [0.2, 0.25) is 0 Å². The van der Waals surface area contributed by atoms with E-state index in [1.807, 2.05) is 53.8 Å². The van der Waals surface area contributed by atoms with Crippen LogP contribution in [0.5, 0.6) is 5.75 Å². The summed E-state index contributed by atoms with van der Waals surface area (Å²) in [5.41, 5.74) is 1.03. The second-order valence-electron chi connectivity index (χ2n) is 7.20. The molecule has 5 nitrogen and oxygen atoms in total. The number of carbonyl (C=O) groups excluding carboxylic acids is 1. The summed E-state index contributed by atoms with van der Waals surface area (Å²) < 4.78 is 7.20. The number of benzene rings is 1. The Balaban J connectivity index is 2.00. The Morgan fingerprint density at radius 2 is 1.88 bits per heavy atom. The number of ether oxygens (including phenoxy) is 1. The van der Waals surface area contributed by atoms with Crippen LogP contribution in [0, 0.1) is 12.8 Å². The number of hydrogen-bond acceptors (Lipinski definition) is 3. The average Bonchev–Trinajstić information content (AvgIpc) is 3.08. The lowest BCUT2D eigenvalue weighted by Gasteiger charge is -2.39. The number of nitrogens with zero attached hydrogens (tertiary/aromatic N) is 3. The number of amides is 1. The first-order valence-electron chi connectivity index (χ1n) is 8.90. The van der Waals surface area contributed by atoms with E-state index in [9.17, 15) is 4.79 Å². The Morgan fingerprint density at radius 3 is 2.40 bits per heavy atom. The molecule has 1 aromatic heterocycles. The number of piperidine rings is 1. The third kappa shape index (κ3) is 3.28. The van der Waals surface area contributed by atoms with Gasteiger partial charge in [0, 0.05) is 19.3 Å². The van der Waals surface area contributed by atoms with Gasteiger partial charge in [0.15, 0.2) is 0 Å². The van der Waals surface area contributed by atoms with E-state index in [-0.39, 0.29) is 5.91 Å². The topological polar surface area (TPSA) is 47.4 Å². The fraction of sp³-hybridized carbons (Fsp3) is 0.500. The fourth-order valence-electron chi connectivity index (χ4n) is 3.48. The van der Waals surface area contributed by atoms with Crippen LogP contribution in [-0.4, -0.2) is 40.6 Å².